The van der Waals surface area contributed by atoms with Crippen LogP contribution in [0, 0.1) is 0 Å². The number of aromatic nitrogens is 1. The molecule has 6 nitrogen and oxygen atoms in total. The lowest BCUT2D eigenvalue weighted by atomic mass is 10.1. The Labute approximate surface area is 138 Å². The summed E-state index contributed by atoms with van der Waals surface area (Å²) < 4.78 is 11.2. The second-order valence-electron chi connectivity index (χ2n) is 5.47. The molecule has 0 fully saturated rings. The zero-order valence-electron chi connectivity index (χ0n) is 13.1. The van der Waals surface area contributed by atoms with Crippen LogP contribution in [-0.2, 0) is 6.54 Å². The maximum atomic E-state index is 12.1. The van der Waals surface area contributed by atoms with Crippen LogP contribution in [0.25, 0.3) is 0 Å². The third kappa shape index (κ3) is 3.56. The van der Waals surface area contributed by atoms with E-state index in [1.807, 2.05) is 32.0 Å². The fraction of sp³-hybridized carbons (Fsp3) is 0.375. The summed E-state index contributed by atoms with van der Waals surface area (Å²) >= 11 is 1.42. The monoisotopic (exact) mass is 333 g/mol. The quantitative estimate of drug-likeness (QED) is 0.900. The van der Waals surface area contributed by atoms with Crippen LogP contribution in [0.1, 0.15) is 31.0 Å². The van der Waals surface area contributed by atoms with Crippen molar-refractivity contribution in [2.75, 3.05) is 18.5 Å². The molecule has 0 radical (unpaired) electrons. The van der Waals surface area contributed by atoms with Gasteiger partial charge in [0.15, 0.2) is 11.5 Å². The van der Waals surface area contributed by atoms with Gasteiger partial charge in [0.25, 0.3) is 0 Å². The molecule has 0 saturated heterocycles. The fourth-order valence-corrected chi connectivity index (χ4v) is 3.19. The normalized spacial score (nSPS) is 13.0. The maximum Gasteiger partial charge on any atom is 0.320 e. The van der Waals surface area contributed by atoms with Crippen molar-refractivity contribution in [3.63, 3.8) is 0 Å². The smallest absolute Gasteiger partial charge is 0.320 e. The van der Waals surface area contributed by atoms with Crippen molar-refractivity contribution in [3.05, 3.63) is 35.0 Å². The summed E-state index contributed by atoms with van der Waals surface area (Å²) in [5, 5.41) is 6.49. The van der Waals surface area contributed by atoms with Crippen LogP contribution in [0.15, 0.2) is 23.7 Å². The Balaban J connectivity index is 1.62. The highest BCUT2D eigenvalue weighted by Gasteiger charge is 2.17. The molecule has 2 aromatic rings. The van der Waals surface area contributed by atoms with Crippen LogP contribution < -0.4 is 20.1 Å². The zero-order chi connectivity index (χ0) is 16.2. The van der Waals surface area contributed by atoms with Crippen molar-refractivity contribution in [2.45, 2.75) is 26.3 Å². The molecule has 122 valence electrons. The lowest BCUT2D eigenvalue weighted by molar-refractivity contribution is 0.169. The minimum absolute atomic E-state index is 0.259. The third-order valence-electron chi connectivity index (χ3n) is 3.46. The summed E-state index contributed by atoms with van der Waals surface area (Å²) in [5.74, 6) is 1.70. The first-order valence-electron chi connectivity index (χ1n) is 7.51. The average molecular weight is 333 g/mol. The highest BCUT2D eigenvalue weighted by atomic mass is 32.1. The standard InChI is InChI=1S/C16H19N3O3S/c1-10(2)13-15(23-9-18-13)19-16(20)17-8-11-4-3-5-12-14(11)22-7-6-21-12/h3-5,9-10H,6-8H2,1-2H3,(H2,17,19,20). The number of para-hydroxylation sites is 1. The lowest BCUT2D eigenvalue weighted by Gasteiger charge is -2.21. The highest BCUT2D eigenvalue weighted by Crippen LogP contribution is 2.33. The Kier molecular flexibility index (Phi) is 4.66. The number of benzene rings is 1. The number of hydrogen-bond donors (Lipinski definition) is 2. The first-order chi connectivity index (χ1) is 11.1. The molecule has 0 atom stereocenters. The number of nitrogens with one attached hydrogen (secondary N) is 2. The SMILES string of the molecule is CC(C)c1ncsc1NC(=O)NCc1cccc2c1OCCO2. The molecule has 0 bridgehead atoms. The lowest BCUT2D eigenvalue weighted by Crippen LogP contribution is -2.29. The van der Waals surface area contributed by atoms with Crippen molar-refractivity contribution in [1.82, 2.24) is 10.3 Å². The molecule has 1 aromatic heterocycles. The Bertz CT molecular complexity index is 700. The molecule has 1 aliphatic heterocycles. The van der Waals surface area contributed by atoms with E-state index in [1.165, 1.54) is 11.3 Å². The number of urea groups is 1. The van der Waals surface area contributed by atoms with Gasteiger partial charge in [0.1, 0.15) is 18.2 Å². The molecule has 1 aromatic carbocycles. The summed E-state index contributed by atoms with van der Waals surface area (Å²) in [4.78, 5) is 16.4. The van der Waals surface area contributed by atoms with E-state index >= 15 is 0 Å². The van der Waals surface area contributed by atoms with E-state index in [0.717, 1.165) is 22.0 Å². The van der Waals surface area contributed by atoms with Gasteiger partial charge in [-0.1, -0.05) is 26.0 Å². The Morgan fingerprint density at radius 1 is 1.35 bits per heavy atom. The number of ether oxygens (including phenoxy) is 2. The Hall–Kier alpha value is -2.28. The fourth-order valence-electron chi connectivity index (χ4n) is 2.36. The number of fused-ring (bicyclic) bond motifs is 1. The molecule has 2 amide bonds. The van der Waals surface area contributed by atoms with E-state index in [1.54, 1.807) is 5.51 Å². The molecule has 3 rings (SSSR count). The second kappa shape index (κ2) is 6.87. The molecule has 0 unspecified atom stereocenters. The van der Waals surface area contributed by atoms with E-state index < -0.39 is 0 Å². The van der Waals surface area contributed by atoms with Crippen molar-refractivity contribution < 1.29 is 14.3 Å². The number of nitrogens with zero attached hydrogens (tertiary/aromatic N) is 1. The molecule has 2 N–H and O–H groups in total. The van der Waals surface area contributed by atoms with Crippen LogP contribution in [-0.4, -0.2) is 24.2 Å². The molecular weight excluding hydrogens is 314 g/mol. The Morgan fingerprint density at radius 3 is 3.00 bits per heavy atom. The maximum absolute atomic E-state index is 12.1. The van der Waals surface area contributed by atoms with E-state index in [4.69, 9.17) is 9.47 Å². The first-order valence-corrected chi connectivity index (χ1v) is 8.39. The van der Waals surface area contributed by atoms with E-state index in [0.29, 0.717) is 25.5 Å². The molecule has 0 aliphatic carbocycles. The summed E-state index contributed by atoms with van der Waals surface area (Å²) in [6, 6.07) is 5.41. The molecule has 2 heterocycles. The van der Waals surface area contributed by atoms with Crippen molar-refractivity contribution in [3.8, 4) is 11.5 Å². The number of carbonyl (C=O) groups excluding carboxylic acids is 1. The molecule has 1 aliphatic rings. The van der Waals surface area contributed by atoms with E-state index in [9.17, 15) is 4.79 Å². The van der Waals surface area contributed by atoms with Gasteiger partial charge in [-0.3, -0.25) is 5.32 Å². The summed E-state index contributed by atoms with van der Waals surface area (Å²) in [6.45, 7) is 5.54. The molecule has 23 heavy (non-hydrogen) atoms. The number of thiazole rings is 1. The van der Waals surface area contributed by atoms with E-state index in [-0.39, 0.29) is 11.9 Å². The molecule has 7 heteroatoms. The van der Waals surface area contributed by atoms with Gasteiger partial charge in [0, 0.05) is 12.1 Å². The van der Waals surface area contributed by atoms with Gasteiger partial charge in [-0.15, -0.1) is 11.3 Å². The molecule has 0 saturated carbocycles. The van der Waals surface area contributed by atoms with Crippen LogP contribution in [0.5, 0.6) is 11.5 Å². The van der Waals surface area contributed by atoms with Crippen molar-refractivity contribution in [1.29, 1.82) is 0 Å². The van der Waals surface area contributed by atoms with Gasteiger partial charge in [0.05, 0.1) is 11.2 Å². The minimum atomic E-state index is -0.259. The average Bonchev–Trinajstić information content (AvgIpc) is 3.01. The highest BCUT2D eigenvalue weighted by molar-refractivity contribution is 7.14. The number of carbonyl (C=O) groups is 1. The van der Waals surface area contributed by atoms with Gasteiger partial charge < -0.3 is 14.8 Å². The number of rotatable bonds is 4. The first kappa shape index (κ1) is 15.6. The van der Waals surface area contributed by atoms with Crippen LogP contribution in [0.3, 0.4) is 0 Å². The van der Waals surface area contributed by atoms with Gasteiger partial charge in [0.2, 0.25) is 0 Å². The molecule has 0 spiro atoms. The van der Waals surface area contributed by atoms with Gasteiger partial charge >= 0.3 is 6.03 Å². The zero-order valence-corrected chi connectivity index (χ0v) is 13.9. The van der Waals surface area contributed by atoms with Gasteiger partial charge in [-0.2, -0.15) is 0 Å². The third-order valence-corrected chi connectivity index (χ3v) is 4.21. The second-order valence-corrected chi connectivity index (χ2v) is 6.33. The van der Waals surface area contributed by atoms with Gasteiger partial charge in [-0.25, -0.2) is 9.78 Å². The van der Waals surface area contributed by atoms with Crippen LogP contribution in [0.4, 0.5) is 9.80 Å². The largest absolute Gasteiger partial charge is 0.486 e. The minimum Gasteiger partial charge on any atom is -0.486 e. The van der Waals surface area contributed by atoms with Crippen molar-refractivity contribution >= 4 is 22.4 Å². The van der Waals surface area contributed by atoms with Crippen LogP contribution >= 0.6 is 11.3 Å². The van der Waals surface area contributed by atoms with Crippen LogP contribution in [0.2, 0.25) is 0 Å². The van der Waals surface area contributed by atoms with E-state index in [2.05, 4.69) is 15.6 Å². The number of hydrogen-bond acceptors (Lipinski definition) is 5. The summed E-state index contributed by atoms with van der Waals surface area (Å²) in [5.41, 5.74) is 3.54. The molecular formula is C16H19N3O3S. The predicted octanol–water partition coefficient (Wildman–Crippen LogP) is 3.36. The summed E-state index contributed by atoms with van der Waals surface area (Å²) in [7, 11) is 0. The number of anilines is 1. The predicted molar refractivity (Wildman–Crippen MR) is 89.5 cm³/mol. The Morgan fingerprint density at radius 2 is 2.17 bits per heavy atom. The topological polar surface area (TPSA) is 72.5 Å². The van der Waals surface area contributed by atoms with Gasteiger partial charge in [-0.05, 0) is 12.0 Å². The summed E-state index contributed by atoms with van der Waals surface area (Å²) in [6.07, 6.45) is 0. The number of amides is 2. The van der Waals surface area contributed by atoms with Crippen molar-refractivity contribution in [2.24, 2.45) is 0 Å².